The second-order valence-corrected chi connectivity index (χ2v) is 8.44. The van der Waals surface area contributed by atoms with E-state index in [0.717, 1.165) is 36.7 Å². The van der Waals surface area contributed by atoms with Gasteiger partial charge in [0, 0.05) is 41.2 Å². The number of ether oxygens (including phenoxy) is 2. The minimum absolute atomic E-state index is 0.190. The first-order chi connectivity index (χ1) is 11.2. The lowest BCUT2D eigenvalue weighted by molar-refractivity contribution is -0.0645. The van der Waals surface area contributed by atoms with Gasteiger partial charge in [-0.1, -0.05) is 5.16 Å². The van der Waals surface area contributed by atoms with Crippen molar-refractivity contribution >= 4 is 23.5 Å². The van der Waals surface area contributed by atoms with Crippen LogP contribution in [0.2, 0.25) is 0 Å². The number of thioether (sulfide) groups is 2. The van der Waals surface area contributed by atoms with E-state index < -0.39 is 0 Å². The van der Waals surface area contributed by atoms with E-state index in [2.05, 4.69) is 10.5 Å². The molecular formula is C16H26N2O3S2. The zero-order chi connectivity index (χ0) is 16.1. The molecule has 2 saturated heterocycles. The number of nitrogens with zero attached hydrogens (tertiary/aromatic N) is 1. The molecule has 1 N–H and O–H groups in total. The van der Waals surface area contributed by atoms with Gasteiger partial charge in [-0.25, -0.2) is 0 Å². The molecule has 0 unspecified atom stereocenters. The first kappa shape index (κ1) is 17.6. The van der Waals surface area contributed by atoms with Gasteiger partial charge in [-0.05, 0) is 20.3 Å². The summed E-state index contributed by atoms with van der Waals surface area (Å²) in [6.07, 6.45) is 1.13. The van der Waals surface area contributed by atoms with Gasteiger partial charge in [0.05, 0.1) is 31.1 Å². The molecule has 2 atom stereocenters. The number of aryl methyl sites for hydroxylation is 2. The number of hydrogen-bond acceptors (Lipinski definition) is 7. The summed E-state index contributed by atoms with van der Waals surface area (Å²) in [6, 6.07) is 0.817. The highest BCUT2D eigenvalue weighted by Gasteiger charge is 2.29. The summed E-state index contributed by atoms with van der Waals surface area (Å²) < 4.78 is 17.1. The van der Waals surface area contributed by atoms with Crippen molar-refractivity contribution in [2.24, 2.45) is 0 Å². The molecule has 2 fully saturated rings. The second kappa shape index (κ2) is 8.76. The van der Waals surface area contributed by atoms with E-state index in [1.807, 2.05) is 37.4 Å². The van der Waals surface area contributed by atoms with Crippen LogP contribution in [0.5, 0.6) is 0 Å². The molecule has 0 saturated carbocycles. The van der Waals surface area contributed by atoms with Crippen LogP contribution in [0.15, 0.2) is 4.52 Å². The quantitative estimate of drug-likeness (QED) is 0.867. The lowest BCUT2D eigenvalue weighted by Crippen LogP contribution is -2.53. The summed E-state index contributed by atoms with van der Waals surface area (Å²) in [5.74, 6) is 5.74. The summed E-state index contributed by atoms with van der Waals surface area (Å²) in [5, 5.41) is 7.78. The standard InChI is InChI=1S/C16H26N2O3S2/c1-11-14(12(2)21-18-11)7-20-16-3-4-19-8-15(16)17-13-9-22-5-6-23-10-13/h13,15-17H,3-10H2,1-2H3/t15-,16+/m0/s1. The Hall–Kier alpha value is -0.210. The number of nitrogens with one attached hydrogen (secondary N) is 1. The third-order valence-corrected chi connectivity index (χ3v) is 6.90. The summed E-state index contributed by atoms with van der Waals surface area (Å²) in [5.41, 5.74) is 2.01. The third kappa shape index (κ3) is 4.89. The van der Waals surface area contributed by atoms with Crippen LogP contribution in [0.25, 0.3) is 0 Å². The summed E-state index contributed by atoms with van der Waals surface area (Å²) >= 11 is 4.09. The average molecular weight is 359 g/mol. The van der Waals surface area contributed by atoms with Crippen molar-refractivity contribution in [2.75, 3.05) is 36.2 Å². The summed E-state index contributed by atoms with van der Waals surface area (Å²) in [7, 11) is 0. The molecule has 23 heavy (non-hydrogen) atoms. The highest BCUT2D eigenvalue weighted by molar-refractivity contribution is 8.03. The Balaban J connectivity index is 1.55. The maximum Gasteiger partial charge on any atom is 0.139 e. The maximum absolute atomic E-state index is 6.22. The van der Waals surface area contributed by atoms with E-state index in [-0.39, 0.29) is 12.1 Å². The monoisotopic (exact) mass is 358 g/mol. The fourth-order valence-electron chi connectivity index (χ4n) is 2.99. The first-order valence-electron chi connectivity index (χ1n) is 8.26. The molecule has 3 heterocycles. The van der Waals surface area contributed by atoms with Crippen molar-refractivity contribution in [3.63, 3.8) is 0 Å². The second-order valence-electron chi connectivity index (χ2n) is 6.14. The molecule has 0 amide bonds. The van der Waals surface area contributed by atoms with Crippen LogP contribution < -0.4 is 5.32 Å². The van der Waals surface area contributed by atoms with Gasteiger partial charge >= 0.3 is 0 Å². The Bertz CT molecular complexity index is 470. The van der Waals surface area contributed by atoms with Crippen LogP contribution in [0.1, 0.15) is 23.4 Å². The third-order valence-electron chi connectivity index (χ3n) is 4.38. The molecule has 0 aliphatic carbocycles. The largest absolute Gasteiger partial charge is 0.380 e. The zero-order valence-electron chi connectivity index (χ0n) is 13.9. The van der Waals surface area contributed by atoms with Gasteiger partial charge in [0.2, 0.25) is 0 Å². The van der Waals surface area contributed by atoms with Crippen molar-refractivity contribution in [1.29, 1.82) is 0 Å². The first-order valence-corrected chi connectivity index (χ1v) is 10.6. The van der Waals surface area contributed by atoms with Crippen LogP contribution in [0, 0.1) is 13.8 Å². The topological polar surface area (TPSA) is 56.5 Å². The lowest BCUT2D eigenvalue weighted by atomic mass is 10.1. The van der Waals surface area contributed by atoms with Crippen molar-refractivity contribution in [2.45, 2.75) is 45.1 Å². The Morgan fingerprint density at radius 1 is 1.26 bits per heavy atom. The van der Waals surface area contributed by atoms with Crippen molar-refractivity contribution in [3.05, 3.63) is 17.0 Å². The average Bonchev–Trinajstić information content (AvgIpc) is 2.76. The summed E-state index contributed by atoms with van der Waals surface area (Å²) in [4.78, 5) is 0. The van der Waals surface area contributed by atoms with Gasteiger partial charge < -0.3 is 19.3 Å². The van der Waals surface area contributed by atoms with Crippen LogP contribution in [0.3, 0.4) is 0 Å². The molecule has 7 heteroatoms. The smallest absolute Gasteiger partial charge is 0.139 e. The molecule has 3 rings (SSSR count). The van der Waals surface area contributed by atoms with E-state index in [4.69, 9.17) is 14.0 Å². The normalized spacial score (nSPS) is 27.0. The molecule has 0 aromatic carbocycles. The Labute approximate surface area is 146 Å². The molecule has 2 aliphatic heterocycles. The van der Waals surface area contributed by atoms with Crippen molar-refractivity contribution < 1.29 is 14.0 Å². The van der Waals surface area contributed by atoms with Crippen LogP contribution in [-0.2, 0) is 16.1 Å². The van der Waals surface area contributed by atoms with Gasteiger partial charge in [0.15, 0.2) is 0 Å². The van der Waals surface area contributed by atoms with Gasteiger partial charge in [-0.3, -0.25) is 0 Å². The summed E-state index contributed by atoms with van der Waals surface area (Å²) in [6.45, 7) is 5.99. The van der Waals surface area contributed by atoms with E-state index >= 15 is 0 Å². The Kier molecular flexibility index (Phi) is 6.71. The van der Waals surface area contributed by atoms with E-state index in [1.54, 1.807) is 0 Å². The molecule has 130 valence electrons. The number of hydrogen-bond donors (Lipinski definition) is 1. The number of aromatic nitrogens is 1. The molecule has 5 nitrogen and oxygen atoms in total. The van der Waals surface area contributed by atoms with Gasteiger partial charge in [0.1, 0.15) is 5.76 Å². The van der Waals surface area contributed by atoms with Gasteiger partial charge in [-0.2, -0.15) is 23.5 Å². The fraction of sp³-hybridized carbons (Fsp3) is 0.812. The van der Waals surface area contributed by atoms with Crippen LogP contribution >= 0.6 is 23.5 Å². The SMILES string of the molecule is Cc1noc(C)c1CO[C@@H]1CCOC[C@@H]1NC1CSCCSC1. The Morgan fingerprint density at radius 2 is 2.04 bits per heavy atom. The minimum Gasteiger partial charge on any atom is -0.380 e. The predicted octanol–water partition coefficient (Wildman–Crippen LogP) is 2.40. The molecule has 1 aromatic heterocycles. The molecular weight excluding hydrogens is 332 g/mol. The number of rotatable bonds is 5. The molecule has 0 radical (unpaired) electrons. The fourth-order valence-corrected chi connectivity index (χ4v) is 5.41. The zero-order valence-corrected chi connectivity index (χ0v) is 15.5. The molecule has 0 bridgehead atoms. The molecule has 0 spiro atoms. The highest BCUT2D eigenvalue weighted by Crippen LogP contribution is 2.21. The van der Waals surface area contributed by atoms with Crippen LogP contribution in [0.4, 0.5) is 0 Å². The lowest BCUT2D eigenvalue weighted by Gasteiger charge is -2.34. The maximum atomic E-state index is 6.22. The molecule has 1 aromatic rings. The highest BCUT2D eigenvalue weighted by atomic mass is 32.2. The van der Waals surface area contributed by atoms with E-state index in [1.165, 1.54) is 23.0 Å². The van der Waals surface area contributed by atoms with E-state index in [9.17, 15) is 0 Å². The molecule has 2 aliphatic rings. The Morgan fingerprint density at radius 3 is 2.74 bits per heavy atom. The minimum atomic E-state index is 0.190. The van der Waals surface area contributed by atoms with Crippen LogP contribution in [-0.4, -0.2) is 59.6 Å². The predicted molar refractivity (Wildman–Crippen MR) is 95.4 cm³/mol. The van der Waals surface area contributed by atoms with E-state index in [0.29, 0.717) is 12.6 Å². The van der Waals surface area contributed by atoms with Gasteiger partial charge in [-0.15, -0.1) is 0 Å². The van der Waals surface area contributed by atoms with Crippen molar-refractivity contribution in [1.82, 2.24) is 10.5 Å². The van der Waals surface area contributed by atoms with Crippen molar-refractivity contribution in [3.8, 4) is 0 Å². The van der Waals surface area contributed by atoms with Gasteiger partial charge in [0.25, 0.3) is 0 Å².